The molecule has 6 nitrogen and oxygen atoms in total. The molecule has 20 heavy (non-hydrogen) atoms. The summed E-state index contributed by atoms with van der Waals surface area (Å²) in [6, 6.07) is 7.59. The summed E-state index contributed by atoms with van der Waals surface area (Å²) in [5.74, 6) is -1.02. The van der Waals surface area contributed by atoms with Crippen LogP contribution in [0.5, 0.6) is 0 Å². The first kappa shape index (κ1) is 16.6. The maximum absolute atomic E-state index is 12.2. The summed E-state index contributed by atoms with van der Waals surface area (Å²) in [7, 11) is -0.781. The van der Waals surface area contributed by atoms with Crippen molar-refractivity contribution in [3.05, 3.63) is 35.4 Å². The van der Waals surface area contributed by atoms with Gasteiger partial charge in [0.15, 0.2) is 0 Å². The summed E-state index contributed by atoms with van der Waals surface area (Å²) >= 11 is 0. The molecule has 1 aromatic carbocycles. The van der Waals surface area contributed by atoms with E-state index in [1.165, 1.54) is 18.4 Å². The van der Waals surface area contributed by atoms with Crippen molar-refractivity contribution >= 4 is 16.2 Å². The van der Waals surface area contributed by atoms with E-state index < -0.39 is 16.2 Å². The van der Waals surface area contributed by atoms with Gasteiger partial charge in [0.1, 0.15) is 0 Å². The monoisotopic (exact) mass is 300 g/mol. The fourth-order valence-corrected chi connectivity index (χ4v) is 2.87. The number of aryl methyl sites for hydroxylation is 1. The van der Waals surface area contributed by atoms with Crippen LogP contribution in [0.4, 0.5) is 0 Å². The lowest BCUT2D eigenvalue weighted by molar-refractivity contribution is -0.137. The molecule has 0 spiro atoms. The largest absolute Gasteiger partial charge is 0.481 e. The predicted molar refractivity (Wildman–Crippen MR) is 76.4 cm³/mol. The minimum absolute atomic E-state index is 0.0458. The second-order valence-corrected chi connectivity index (χ2v) is 6.86. The Kier molecular flexibility index (Phi) is 5.67. The van der Waals surface area contributed by atoms with Crippen LogP contribution in [0.25, 0.3) is 0 Å². The van der Waals surface area contributed by atoms with Crippen molar-refractivity contribution in [2.24, 2.45) is 0 Å². The second-order valence-electron chi connectivity index (χ2n) is 4.72. The minimum atomic E-state index is -3.64. The van der Waals surface area contributed by atoms with E-state index in [0.29, 0.717) is 0 Å². The summed E-state index contributed by atoms with van der Waals surface area (Å²) in [5.41, 5.74) is 1.95. The molecule has 1 N–H and O–H groups in total. The summed E-state index contributed by atoms with van der Waals surface area (Å²) in [4.78, 5) is 10.5. The number of carbonyl (C=O) groups is 1. The molecule has 0 aliphatic rings. The summed E-state index contributed by atoms with van der Waals surface area (Å²) in [6.07, 6.45) is -0.214. The lowest BCUT2D eigenvalue weighted by Crippen LogP contribution is -2.40. The highest BCUT2D eigenvalue weighted by molar-refractivity contribution is 7.86. The first-order chi connectivity index (χ1) is 9.23. The van der Waals surface area contributed by atoms with Gasteiger partial charge in [-0.3, -0.25) is 4.79 Å². The molecule has 0 aromatic heterocycles. The van der Waals surface area contributed by atoms with Crippen LogP contribution in [0.15, 0.2) is 24.3 Å². The van der Waals surface area contributed by atoms with Crippen LogP contribution in [0.3, 0.4) is 0 Å². The summed E-state index contributed by atoms with van der Waals surface area (Å²) in [5, 5.41) is 8.60. The number of hydrogen-bond acceptors (Lipinski definition) is 3. The van der Waals surface area contributed by atoms with Gasteiger partial charge >= 0.3 is 5.97 Å². The zero-order valence-corrected chi connectivity index (χ0v) is 12.7. The highest BCUT2D eigenvalue weighted by Crippen LogP contribution is 2.11. The normalized spacial score (nSPS) is 12.1. The highest BCUT2D eigenvalue weighted by Gasteiger charge is 2.24. The van der Waals surface area contributed by atoms with Crippen molar-refractivity contribution < 1.29 is 18.3 Å². The SMILES string of the molecule is Cc1cccc(CN(C)S(=O)(=O)N(C)CCC(=O)O)c1. The number of nitrogens with zero attached hydrogens (tertiary/aromatic N) is 2. The molecule has 1 rings (SSSR count). The molecule has 1 aromatic rings. The number of benzene rings is 1. The average Bonchev–Trinajstić information content (AvgIpc) is 2.35. The molecule has 0 saturated heterocycles. The molecule has 0 atom stereocenters. The highest BCUT2D eigenvalue weighted by atomic mass is 32.2. The Balaban J connectivity index is 2.74. The third-order valence-corrected chi connectivity index (χ3v) is 4.80. The van der Waals surface area contributed by atoms with Crippen molar-refractivity contribution in [3.8, 4) is 0 Å². The molecule has 112 valence electrons. The van der Waals surface area contributed by atoms with E-state index in [9.17, 15) is 13.2 Å². The number of rotatable bonds is 7. The van der Waals surface area contributed by atoms with E-state index >= 15 is 0 Å². The Labute approximate surface area is 119 Å². The first-order valence-electron chi connectivity index (χ1n) is 6.18. The third-order valence-electron chi connectivity index (χ3n) is 2.92. The van der Waals surface area contributed by atoms with Gasteiger partial charge in [-0.25, -0.2) is 0 Å². The lowest BCUT2D eigenvalue weighted by Gasteiger charge is -2.24. The van der Waals surface area contributed by atoms with Crippen LogP contribution in [0, 0.1) is 6.92 Å². The molecule has 0 bridgehead atoms. The van der Waals surface area contributed by atoms with Crippen LogP contribution in [0.2, 0.25) is 0 Å². The Morgan fingerprint density at radius 3 is 2.45 bits per heavy atom. The van der Waals surface area contributed by atoms with E-state index in [1.807, 2.05) is 31.2 Å². The molecule has 0 unspecified atom stereocenters. The Morgan fingerprint density at radius 1 is 1.25 bits per heavy atom. The van der Waals surface area contributed by atoms with Crippen molar-refractivity contribution in [1.29, 1.82) is 0 Å². The minimum Gasteiger partial charge on any atom is -0.481 e. The molecule has 0 heterocycles. The number of carboxylic acid groups (broad SMARTS) is 1. The fourth-order valence-electron chi connectivity index (χ4n) is 1.76. The standard InChI is InChI=1S/C13H20N2O4S/c1-11-5-4-6-12(9-11)10-15(3)20(18,19)14(2)8-7-13(16)17/h4-6,9H,7-8,10H2,1-3H3,(H,16,17). The Hall–Kier alpha value is -1.44. The molecule has 0 aliphatic carbocycles. The number of carboxylic acids is 1. The van der Waals surface area contributed by atoms with Gasteiger partial charge < -0.3 is 5.11 Å². The van der Waals surface area contributed by atoms with E-state index in [0.717, 1.165) is 15.4 Å². The van der Waals surface area contributed by atoms with Crippen LogP contribution < -0.4 is 0 Å². The van der Waals surface area contributed by atoms with Gasteiger partial charge in [-0.05, 0) is 12.5 Å². The van der Waals surface area contributed by atoms with Crippen LogP contribution in [0.1, 0.15) is 17.5 Å². The average molecular weight is 300 g/mol. The zero-order chi connectivity index (χ0) is 15.3. The lowest BCUT2D eigenvalue weighted by atomic mass is 10.1. The number of hydrogen-bond donors (Lipinski definition) is 1. The maximum atomic E-state index is 12.2. The molecule has 0 fully saturated rings. The molecule has 0 radical (unpaired) electrons. The summed E-state index contributed by atoms with van der Waals surface area (Å²) < 4.78 is 26.6. The van der Waals surface area contributed by atoms with Crippen molar-refractivity contribution in [3.63, 3.8) is 0 Å². The van der Waals surface area contributed by atoms with Crippen LogP contribution in [-0.2, 0) is 21.5 Å². The van der Waals surface area contributed by atoms with Gasteiger partial charge in [0, 0.05) is 27.2 Å². The Morgan fingerprint density at radius 2 is 1.90 bits per heavy atom. The van der Waals surface area contributed by atoms with Crippen molar-refractivity contribution in [2.45, 2.75) is 19.9 Å². The molecule has 7 heteroatoms. The number of aliphatic carboxylic acids is 1. The molecule has 0 aliphatic heterocycles. The van der Waals surface area contributed by atoms with Gasteiger partial charge in [-0.1, -0.05) is 29.8 Å². The third kappa shape index (κ3) is 4.59. The molecular weight excluding hydrogens is 280 g/mol. The van der Waals surface area contributed by atoms with Crippen molar-refractivity contribution in [1.82, 2.24) is 8.61 Å². The van der Waals surface area contributed by atoms with Gasteiger partial charge in [0.05, 0.1) is 6.42 Å². The molecular formula is C13H20N2O4S. The second kappa shape index (κ2) is 6.83. The van der Waals surface area contributed by atoms with Gasteiger partial charge in [0.25, 0.3) is 10.2 Å². The van der Waals surface area contributed by atoms with Gasteiger partial charge in [0.2, 0.25) is 0 Å². The van der Waals surface area contributed by atoms with Crippen LogP contribution >= 0.6 is 0 Å². The van der Waals surface area contributed by atoms with Crippen LogP contribution in [-0.4, -0.2) is 48.7 Å². The van der Waals surface area contributed by atoms with Gasteiger partial charge in [-0.2, -0.15) is 17.0 Å². The van der Waals surface area contributed by atoms with E-state index in [-0.39, 0.29) is 19.5 Å². The molecule has 0 saturated carbocycles. The quantitative estimate of drug-likeness (QED) is 0.817. The topological polar surface area (TPSA) is 77.9 Å². The van der Waals surface area contributed by atoms with E-state index in [2.05, 4.69) is 0 Å². The smallest absolute Gasteiger partial charge is 0.304 e. The van der Waals surface area contributed by atoms with Gasteiger partial charge in [-0.15, -0.1) is 0 Å². The zero-order valence-electron chi connectivity index (χ0n) is 11.9. The van der Waals surface area contributed by atoms with E-state index in [4.69, 9.17) is 5.11 Å². The molecule has 0 amide bonds. The van der Waals surface area contributed by atoms with Crippen molar-refractivity contribution in [2.75, 3.05) is 20.6 Å². The fraction of sp³-hybridized carbons (Fsp3) is 0.462. The maximum Gasteiger partial charge on any atom is 0.304 e. The Bertz CT molecular complexity index is 571. The van der Waals surface area contributed by atoms with E-state index in [1.54, 1.807) is 0 Å². The predicted octanol–water partition coefficient (Wildman–Crippen LogP) is 1.08. The first-order valence-corrected chi connectivity index (χ1v) is 7.58. The summed E-state index contributed by atoms with van der Waals surface area (Å²) in [6.45, 7) is 2.15.